The number of thioether (sulfide) groups is 1. The van der Waals surface area contributed by atoms with Crippen LogP contribution in [0.1, 0.15) is 35.9 Å². The zero-order valence-electron chi connectivity index (χ0n) is 19.7. The molecule has 6 nitrogen and oxygen atoms in total. The smallest absolute Gasteiger partial charge is 0.212 e. The van der Waals surface area contributed by atoms with Gasteiger partial charge < -0.3 is 9.47 Å². The lowest BCUT2D eigenvalue weighted by molar-refractivity contribution is 0.284. The second-order valence-corrected chi connectivity index (χ2v) is 9.18. The molecule has 0 aliphatic rings. The van der Waals surface area contributed by atoms with E-state index in [4.69, 9.17) is 26.2 Å². The molecule has 0 bridgehead atoms. The van der Waals surface area contributed by atoms with Gasteiger partial charge in [0.15, 0.2) is 17.3 Å². The van der Waals surface area contributed by atoms with Gasteiger partial charge in [0.05, 0.1) is 13.3 Å². The molecule has 0 aliphatic heterocycles. The first kappa shape index (κ1) is 24.8. The third-order valence-corrected chi connectivity index (χ3v) is 6.42. The maximum absolute atomic E-state index is 6.00. The van der Waals surface area contributed by atoms with Crippen LogP contribution >= 0.6 is 23.4 Å². The number of aryl methyl sites for hydroxylation is 1. The van der Waals surface area contributed by atoms with Gasteiger partial charge >= 0.3 is 0 Å². The van der Waals surface area contributed by atoms with Crippen molar-refractivity contribution in [3.05, 3.63) is 100 Å². The number of ether oxygens (including phenoxy) is 2. The number of hydrogen-bond donors (Lipinski definition) is 0. The summed E-state index contributed by atoms with van der Waals surface area (Å²) in [5.74, 6) is 2.92. The molecule has 0 unspecified atom stereocenters. The molecule has 0 amide bonds. The van der Waals surface area contributed by atoms with E-state index in [1.54, 1.807) is 25.1 Å². The van der Waals surface area contributed by atoms with Gasteiger partial charge in [-0.15, -0.1) is 10.2 Å². The molecule has 1 heterocycles. The molecule has 1 aromatic heterocycles. The molecule has 180 valence electrons. The molecule has 8 heteroatoms. The van der Waals surface area contributed by atoms with Crippen LogP contribution in [-0.2, 0) is 18.8 Å². The fourth-order valence-corrected chi connectivity index (χ4v) is 4.34. The fraction of sp³-hybridized carbons (Fsp3) is 0.222. The molecular formula is C27H27ClN4O2S. The van der Waals surface area contributed by atoms with Gasteiger partial charge in [0.25, 0.3) is 0 Å². The Labute approximate surface area is 215 Å². The summed E-state index contributed by atoms with van der Waals surface area (Å²) < 4.78 is 13.3. The van der Waals surface area contributed by atoms with Gasteiger partial charge in [-0.25, -0.2) is 0 Å². The Morgan fingerprint density at radius 1 is 0.971 bits per heavy atom. The Morgan fingerprint density at radius 3 is 2.51 bits per heavy atom. The minimum atomic E-state index is 0.472. The predicted molar refractivity (Wildman–Crippen MR) is 142 cm³/mol. The molecule has 0 fully saturated rings. The molecule has 4 aromatic rings. The van der Waals surface area contributed by atoms with Crippen LogP contribution in [-0.4, -0.2) is 28.2 Å². The number of aromatic nitrogens is 3. The predicted octanol–water partition coefficient (Wildman–Crippen LogP) is 6.65. The van der Waals surface area contributed by atoms with Crippen molar-refractivity contribution in [1.82, 2.24) is 14.9 Å². The zero-order valence-corrected chi connectivity index (χ0v) is 21.3. The van der Waals surface area contributed by atoms with Crippen molar-refractivity contribution in [1.29, 1.82) is 0 Å². The van der Waals surface area contributed by atoms with Crippen LogP contribution < -0.4 is 9.47 Å². The second-order valence-electron chi connectivity index (χ2n) is 7.80. The fourth-order valence-electron chi connectivity index (χ4n) is 3.35. The second kappa shape index (κ2) is 12.4. The van der Waals surface area contributed by atoms with Gasteiger partial charge in [-0.3, -0.25) is 0 Å². The summed E-state index contributed by atoms with van der Waals surface area (Å²) in [6, 6.07) is 23.6. The molecule has 0 saturated carbocycles. The van der Waals surface area contributed by atoms with Crippen LogP contribution in [0.15, 0.2) is 83.1 Å². The molecule has 0 radical (unpaired) electrons. The average molecular weight is 507 g/mol. The van der Waals surface area contributed by atoms with Gasteiger partial charge in [-0.1, -0.05) is 72.8 Å². The summed E-state index contributed by atoms with van der Waals surface area (Å²) in [5.41, 5.74) is 3.14. The van der Waals surface area contributed by atoms with Crippen molar-refractivity contribution in [3.63, 3.8) is 0 Å². The first-order chi connectivity index (χ1) is 17.2. The van der Waals surface area contributed by atoms with Crippen molar-refractivity contribution in [2.75, 3.05) is 7.11 Å². The molecule has 0 aliphatic carbocycles. The molecule has 0 spiro atoms. The highest BCUT2D eigenvalue weighted by Crippen LogP contribution is 2.29. The largest absolute Gasteiger partial charge is 0.493 e. The summed E-state index contributed by atoms with van der Waals surface area (Å²) in [7, 11) is 1.64. The van der Waals surface area contributed by atoms with Gasteiger partial charge in [0.1, 0.15) is 6.61 Å². The number of halogens is 1. The van der Waals surface area contributed by atoms with Crippen molar-refractivity contribution >= 4 is 29.6 Å². The lowest BCUT2D eigenvalue weighted by Crippen LogP contribution is -2.01. The van der Waals surface area contributed by atoms with Crippen molar-refractivity contribution < 1.29 is 9.47 Å². The lowest BCUT2D eigenvalue weighted by atomic mass is 10.2. The highest BCUT2D eigenvalue weighted by molar-refractivity contribution is 7.98. The SMILES string of the molecule is CCCc1nnc(SCc2ccc(Cl)cc2)n1/N=C\c1ccc(OCc2ccccc2)c(OC)c1. The van der Waals surface area contributed by atoms with Crippen LogP contribution in [0.25, 0.3) is 0 Å². The Morgan fingerprint density at radius 2 is 1.77 bits per heavy atom. The topological polar surface area (TPSA) is 61.5 Å². The maximum atomic E-state index is 6.00. The summed E-state index contributed by atoms with van der Waals surface area (Å²) in [6.07, 6.45) is 3.54. The average Bonchev–Trinajstić information content (AvgIpc) is 3.28. The standard InChI is InChI=1S/C27H27ClN4O2S/c1-3-7-26-30-31-27(35-19-21-10-13-23(28)14-11-21)32(26)29-17-22-12-15-24(25(16-22)33-2)34-18-20-8-5-4-6-9-20/h4-6,8-17H,3,7,18-19H2,1-2H3/b29-17-. The highest BCUT2D eigenvalue weighted by Gasteiger charge is 2.12. The first-order valence-electron chi connectivity index (χ1n) is 11.4. The first-order valence-corrected chi connectivity index (χ1v) is 12.7. The van der Waals surface area contributed by atoms with Crippen LogP contribution in [0, 0.1) is 0 Å². The van der Waals surface area contributed by atoms with Gasteiger partial charge in [-0.05, 0) is 53.4 Å². The van der Waals surface area contributed by atoms with Crippen LogP contribution in [0.5, 0.6) is 11.5 Å². The van der Waals surface area contributed by atoms with Gasteiger partial charge in [0, 0.05) is 17.2 Å². The van der Waals surface area contributed by atoms with E-state index in [9.17, 15) is 0 Å². The van der Waals surface area contributed by atoms with E-state index in [2.05, 4.69) is 17.1 Å². The van der Waals surface area contributed by atoms with Crippen LogP contribution in [0.3, 0.4) is 0 Å². The summed E-state index contributed by atoms with van der Waals surface area (Å²) in [4.78, 5) is 0. The summed E-state index contributed by atoms with van der Waals surface area (Å²) in [5, 5.41) is 14.9. The van der Waals surface area contributed by atoms with E-state index in [1.807, 2.05) is 77.5 Å². The third kappa shape index (κ3) is 6.87. The van der Waals surface area contributed by atoms with Gasteiger partial charge in [0.2, 0.25) is 5.16 Å². The molecule has 0 saturated heterocycles. The summed E-state index contributed by atoms with van der Waals surface area (Å²) in [6.45, 7) is 2.59. The van der Waals surface area contributed by atoms with E-state index in [-0.39, 0.29) is 0 Å². The van der Waals surface area contributed by atoms with E-state index in [0.29, 0.717) is 18.1 Å². The van der Waals surface area contributed by atoms with Crippen molar-refractivity contribution in [3.8, 4) is 11.5 Å². The van der Waals surface area contributed by atoms with Crippen LogP contribution in [0.4, 0.5) is 0 Å². The Bertz CT molecular complexity index is 1260. The maximum Gasteiger partial charge on any atom is 0.212 e. The summed E-state index contributed by atoms with van der Waals surface area (Å²) >= 11 is 7.59. The number of rotatable bonds is 11. The molecule has 35 heavy (non-hydrogen) atoms. The molecule has 3 aromatic carbocycles. The number of nitrogens with zero attached hydrogens (tertiary/aromatic N) is 4. The highest BCUT2D eigenvalue weighted by atomic mass is 35.5. The number of methoxy groups -OCH3 is 1. The number of benzene rings is 3. The van der Waals surface area contributed by atoms with E-state index in [0.717, 1.165) is 51.3 Å². The van der Waals surface area contributed by atoms with E-state index in [1.165, 1.54) is 0 Å². The molecule has 0 N–H and O–H groups in total. The van der Waals surface area contributed by atoms with Crippen molar-refractivity contribution in [2.24, 2.45) is 5.10 Å². The molecular weight excluding hydrogens is 480 g/mol. The quantitative estimate of drug-likeness (QED) is 0.168. The Hall–Kier alpha value is -3.29. The zero-order chi connectivity index (χ0) is 24.5. The third-order valence-electron chi connectivity index (χ3n) is 5.18. The minimum absolute atomic E-state index is 0.472. The van der Waals surface area contributed by atoms with Crippen LogP contribution in [0.2, 0.25) is 5.02 Å². The van der Waals surface area contributed by atoms with Gasteiger partial charge in [-0.2, -0.15) is 9.78 Å². The molecule has 4 rings (SSSR count). The normalized spacial score (nSPS) is 11.2. The lowest BCUT2D eigenvalue weighted by Gasteiger charge is -2.11. The minimum Gasteiger partial charge on any atom is -0.493 e. The van der Waals surface area contributed by atoms with E-state index < -0.39 is 0 Å². The number of hydrogen-bond acceptors (Lipinski definition) is 6. The van der Waals surface area contributed by atoms with Crippen molar-refractivity contribution in [2.45, 2.75) is 37.3 Å². The Kier molecular flexibility index (Phi) is 8.81. The molecule has 0 atom stereocenters. The Balaban J connectivity index is 1.49. The van der Waals surface area contributed by atoms with E-state index >= 15 is 0 Å². The monoisotopic (exact) mass is 506 g/mol.